The Morgan fingerprint density at radius 1 is 1.06 bits per heavy atom. The van der Waals surface area contributed by atoms with Crippen LogP contribution in [-0.2, 0) is 15.3 Å². The normalized spacial score (nSPS) is 10.4. The lowest BCUT2D eigenvalue weighted by atomic mass is 10.2. The van der Waals surface area contributed by atoms with Crippen molar-refractivity contribution in [3.05, 3.63) is 77.9 Å². The van der Waals surface area contributed by atoms with E-state index >= 15 is 0 Å². The maximum absolute atomic E-state index is 13.0. The van der Waals surface area contributed by atoms with Crippen molar-refractivity contribution in [2.75, 3.05) is 25.6 Å². The minimum absolute atomic E-state index is 0.245. The van der Waals surface area contributed by atoms with Crippen molar-refractivity contribution in [1.82, 2.24) is 4.98 Å². The van der Waals surface area contributed by atoms with Crippen LogP contribution >= 0.6 is 11.8 Å². The smallest absolute Gasteiger partial charge is 0.338 e. The zero-order valence-corrected chi connectivity index (χ0v) is 19.0. The van der Waals surface area contributed by atoms with Gasteiger partial charge < -0.3 is 19.5 Å². The van der Waals surface area contributed by atoms with Crippen LogP contribution in [0.4, 0.5) is 10.1 Å². The predicted octanol–water partition coefficient (Wildman–Crippen LogP) is 4.72. The summed E-state index contributed by atoms with van der Waals surface area (Å²) in [5, 5.41) is 2.71. The van der Waals surface area contributed by atoms with Gasteiger partial charge in [0, 0.05) is 22.4 Å². The van der Waals surface area contributed by atoms with Gasteiger partial charge in [0.15, 0.2) is 18.1 Å². The molecule has 3 rings (SSSR count). The van der Waals surface area contributed by atoms with Crippen molar-refractivity contribution < 1.29 is 28.2 Å². The highest BCUT2D eigenvalue weighted by molar-refractivity contribution is 7.98. The number of pyridine rings is 1. The summed E-state index contributed by atoms with van der Waals surface area (Å²) in [5.41, 5.74) is 1.64. The number of ether oxygens (including phenoxy) is 3. The zero-order valence-electron chi connectivity index (χ0n) is 18.2. The molecule has 0 aliphatic rings. The lowest BCUT2D eigenvalue weighted by molar-refractivity contribution is -0.118. The van der Waals surface area contributed by atoms with Crippen LogP contribution in [0.2, 0.25) is 0 Å². The van der Waals surface area contributed by atoms with E-state index in [0.717, 1.165) is 10.6 Å². The molecule has 0 unspecified atom stereocenters. The summed E-state index contributed by atoms with van der Waals surface area (Å²) in [6.45, 7) is 1.78. The number of methoxy groups -OCH3 is 1. The summed E-state index contributed by atoms with van der Waals surface area (Å²) < 4.78 is 28.9. The molecule has 0 atom stereocenters. The van der Waals surface area contributed by atoms with E-state index in [4.69, 9.17) is 14.2 Å². The number of hydrogen-bond donors (Lipinski definition) is 1. The standard InChI is InChI=1S/C24H23FN2O5S/c1-3-31-24(29)16-4-8-18(9-5-16)27-23(28)14-32-21-12-19(26-13-22(21)30-2)15-33-20-10-6-17(25)7-11-20/h4-13H,3,14-15H2,1-2H3,(H,27,28). The molecule has 0 bridgehead atoms. The first-order valence-electron chi connectivity index (χ1n) is 10.1. The van der Waals surface area contributed by atoms with Gasteiger partial charge in [0.1, 0.15) is 5.82 Å². The fourth-order valence-corrected chi connectivity index (χ4v) is 3.54. The number of rotatable bonds is 10. The fraction of sp³-hybridized carbons (Fsp3) is 0.208. The van der Waals surface area contributed by atoms with Gasteiger partial charge >= 0.3 is 5.97 Å². The molecular weight excluding hydrogens is 447 g/mol. The minimum atomic E-state index is -0.420. The van der Waals surface area contributed by atoms with Crippen LogP contribution in [0.3, 0.4) is 0 Å². The highest BCUT2D eigenvalue weighted by Crippen LogP contribution is 2.29. The lowest BCUT2D eigenvalue weighted by Gasteiger charge is -2.12. The van der Waals surface area contributed by atoms with Gasteiger partial charge in [-0.2, -0.15) is 0 Å². The number of benzene rings is 2. The van der Waals surface area contributed by atoms with Crippen molar-refractivity contribution in [2.24, 2.45) is 0 Å². The average molecular weight is 471 g/mol. The van der Waals surface area contributed by atoms with Crippen LogP contribution in [0.15, 0.2) is 65.7 Å². The molecule has 172 valence electrons. The predicted molar refractivity (Wildman–Crippen MR) is 123 cm³/mol. The highest BCUT2D eigenvalue weighted by atomic mass is 32.2. The summed E-state index contributed by atoms with van der Waals surface area (Å²) in [7, 11) is 1.49. The Kier molecular flexibility index (Phi) is 8.65. The molecule has 3 aromatic rings. The molecule has 2 aromatic carbocycles. The average Bonchev–Trinajstić information content (AvgIpc) is 2.83. The number of nitrogens with zero attached hydrogens (tertiary/aromatic N) is 1. The van der Waals surface area contributed by atoms with Gasteiger partial charge in [-0.05, 0) is 55.5 Å². The Labute approximate surface area is 195 Å². The van der Waals surface area contributed by atoms with E-state index in [2.05, 4.69) is 10.3 Å². The number of halogens is 1. The van der Waals surface area contributed by atoms with Crippen LogP contribution in [0.5, 0.6) is 11.5 Å². The van der Waals surface area contributed by atoms with E-state index in [1.807, 2.05) is 0 Å². The van der Waals surface area contributed by atoms with Crippen molar-refractivity contribution in [3.63, 3.8) is 0 Å². The molecule has 1 heterocycles. The molecule has 33 heavy (non-hydrogen) atoms. The number of carbonyl (C=O) groups excluding carboxylic acids is 2. The first-order chi connectivity index (χ1) is 16.0. The summed E-state index contributed by atoms with van der Waals surface area (Å²) >= 11 is 1.50. The number of hydrogen-bond acceptors (Lipinski definition) is 7. The van der Waals surface area contributed by atoms with E-state index < -0.39 is 5.97 Å². The number of carbonyl (C=O) groups is 2. The topological polar surface area (TPSA) is 86.8 Å². The second kappa shape index (κ2) is 11.9. The molecule has 0 saturated carbocycles. The third-order valence-electron chi connectivity index (χ3n) is 4.35. The number of thioether (sulfide) groups is 1. The second-order valence-electron chi connectivity index (χ2n) is 6.70. The molecule has 1 aromatic heterocycles. The fourth-order valence-electron chi connectivity index (χ4n) is 2.74. The van der Waals surface area contributed by atoms with Gasteiger partial charge in [-0.25, -0.2) is 9.18 Å². The van der Waals surface area contributed by atoms with Gasteiger partial charge in [0.05, 0.1) is 31.2 Å². The van der Waals surface area contributed by atoms with E-state index in [1.54, 1.807) is 49.4 Å². The Bertz CT molecular complexity index is 1090. The molecule has 9 heteroatoms. The van der Waals surface area contributed by atoms with Crippen LogP contribution in [-0.4, -0.2) is 37.2 Å². The van der Waals surface area contributed by atoms with Gasteiger partial charge in [-0.3, -0.25) is 9.78 Å². The van der Waals surface area contributed by atoms with E-state index in [9.17, 15) is 14.0 Å². The Morgan fingerprint density at radius 3 is 2.45 bits per heavy atom. The van der Waals surface area contributed by atoms with Crippen LogP contribution in [0.25, 0.3) is 0 Å². The third kappa shape index (κ3) is 7.21. The summed E-state index contributed by atoms with van der Waals surface area (Å²) in [5.74, 6) is 0.236. The van der Waals surface area contributed by atoms with Crippen LogP contribution in [0, 0.1) is 5.82 Å². The van der Waals surface area contributed by atoms with Crippen LogP contribution < -0.4 is 14.8 Å². The molecule has 0 fully saturated rings. The van der Waals surface area contributed by atoms with Gasteiger partial charge in [0.2, 0.25) is 0 Å². The number of esters is 1. The van der Waals surface area contributed by atoms with Crippen molar-refractivity contribution in [1.29, 1.82) is 0 Å². The Morgan fingerprint density at radius 2 is 1.79 bits per heavy atom. The number of nitrogens with one attached hydrogen (secondary N) is 1. The molecule has 7 nitrogen and oxygen atoms in total. The van der Waals surface area contributed by atoms with Gasteiger partial charge in [-0.15, -0.1) is 11.8 Å². The van der Waals surface area contributed by atoms with Crippen molar-refractivity contribution in [3.8, 4) is 11.5 Å². The number of anilines is 1. The second-order valence-corrected chi connectivity index (χ2v) is 7.75. The summed E-state index contributed by atoms with van der Waals surface area (Å²) in [6, 6.07) is 14.3. The Balaban J connectivity index is 1.56. The van der Waals surface area contributed by atoms with Gasteiger partial charge in [0.25, 0.3) is 5.91 Å². The Hall–Kier alpha value is -3.59. The molecular formula is C24H23FN2O5S. The van der Waals surface area contributed by atoms with E-state index in [-0.39, 0.29) is 18.3 Å². The van der Waals surface area contributed by atoms with Crippen molar-refractivity contribution >= 4 is 29.3 Å². The first-order valence-corrected chi connectivity index (χ1v) is 11.1. The number of aromatic nitrogens is 1. The first kappa shape index (κ1) is 24.1. The largest absolute Gasteiger partial charge is 0.491 e. The molecule has 0 aliphatic heterocycles. The summed E-state index contributed by atoms with van der Waals surface area (Å²) in [4.78, 5) is 29.3. The molecule has 0 aliphatic carbocycles. The van der Waals surface area contributed by atoms with Crippen LogP contribution in [0.1, 0.15) is 23.0 Å². The van der Waals surface area contributed by atoms with Crippen molar-refractivity contribution in [2.45, 2.75) is 17.6 Å². The molecule has 1 N–H and O–H groups in total. The van der Waals surface area contributed by atoms with Gasteiger partial charge in [-0.1, -0.05) is 0 Å². The zero-order chi connectivity index (χ0) is 23.6. The monoisotopic (exact) mass is 470 g/mol. The quantitative estimate of drug-likeness (QED) is 0.339. The third-order valence-corrected chi connectivity index (χ3v) is 5.39. The van der Waals surface area contributed by atoms with E-state index in [1.165, 1.54) is 37.2 Å². The summed E-state index contributed by atoms with van der Waals surface area (Å²) in [6.07, 6.45) is 1.53. The SMILES string of the molecule is CCOC(=O)c1ccc(NC(=O)COc2cc(CSc3ccc(F)cc3)ncc2OC)cc1. The maximum Gasteiger partial charge on any atom is 0.338 e. The molecule has 0 saturated heterocycles. The molecule has 0 radical (unpaired) electrons. The maximum atomic E-state index is 13.0. The molecule has 1 amide bonds. The van der Waals surface area contributed by atoms with E-state index in [0.29, 0.717) is 35.1 Å². The lowest BCUT2D eigenvalue weighted by Crippen LogP contribution is -2.20. The molecule has 0 spiro atoms. The number of amides is 1. The highest BCUT2D eigenvalue weighted by Gasteiger charge is 2.12. The minimum Gasteiger partial charge on any atom is -0.491 e.